The summed E-state index contributed by atoms with van der Waals surface area (Å²) in [5.41, 5.74) is -1.42. The summed E-state index contributed by atoms with van der Waals surface area (Å²) in [7, 11) is 0. The van der Waals surface area contributed by atoms with Crippen LogP contribution in [0.2, 0.25) is 0 Å². The van der Waals surface area contributed by atoms with Crippen LogP contribution >= 0.6 is 0 Å². The van der Waals surface area contributed by atoms with Gasteiger partial charge >= 0.3 is 0 Å². The molecule has 0 spiro atoms. The first-order chi connectivity index (χ1) is 11.7. The number of rotatable bonds is 0. The SMILES string of the molecule is C#C[C@]1(O)[C@H](O)C[C@H]2[C@@H]3CC=C4[C@H](F)[C@@H](O)CC[C@]4(C)[C@H]3CC[C@@]21C. The molecule has 0 radical (unpaired) electrons. The minimum atomic E-state index is -1.47. The molecule has 0 heterocycles. The second-order valence-electron chi connectivity index (χ2n) is 9.32. The van der Waals surface area contributed by atoms with Gasteiger partial charge < -0.3 is 15.3 Å². The molecule has 9 atom stereocenters. The molecule has 3 saturated carbocycles. The van der Waals surface area contributed by atoms with E-state index in [0.717, 1.165) is 31.3 Å². The van der Waals surface area contributed by atoms with Crippen LogP contribution in [-0.4, -0.2) is 39.3 Å². The largest absolute Gasteiger partial charge is 0.390 e. The summed E-state index contributed by atoms with van der Waals surface area (Å²) in [5.74, 6) is 3.26. The van der Waals surface area contributed by atoms with Crippen LogP contribution in [0.4, 0.5) is 4.39 Å². The van der Waals surface area contributed by atoms with Crippen molar-refractivity contribution in [2.24, 2.45) is 28.6 Å². The number of fused-ring (bicyclic) bond motifs is 5. The van der Waals surface area contributed by atoms with E-state index in [1.165, 1.54) is 0 Å². The van der Waals surface area contributed by atoms with Gasteiger partial charge in [0.15, 0.2) is 5.60 Å². The highest BCUT2D eigenvalue weighted by Crippen LogP contribution is 2.67. The second-order valence-corrected chi connectivity index (χ2v) is 9.32. The number of hydrogen-bond donors (Lipinski definition) is 3. The number of aliphatic hydroxyl groups is 3. The lowest BCUT2D eigenvalue weighted by atomic mass is 9.47. The molecule has 0 aliphatic heterocycles. The van der Waals surface area contributed by atoms with Crippen LogP contribution in [0, 0.1) is 40.9 Å². The fraction of sp³-hybridized carbons (Fsp3) is 0.810. The summed E-state index contributed by atoms with van der Waals surface area (Å²) in [6.07, 6.45) is 8.78. The Morgan fingerprint density at radius 3 is 2.60 bits per heavy atom. The first-order valence-electron chi connectivity index (χ1n) is 9.60. The molecule has 0 aromatic rings. The van der Waals surface area contributed by atoms with Crippen LogP contribution < -0.4 is 0 Å². The van der Waals surface area contributed by atoms with Crippen LogP contribution in [0.25, 0.3) is 0 Å². The van der Waals surface area contributed by atoms with Gasteiger partial charge in [-0.05, 0) is 67.3 Å². The van der Waals surface area contributed by atoms with Gasteiger partial charge in [0.25, 0.3) is 0 Å². The lowest BCUT2D eigenvalue weighted by Gasteiger charge is -2.58. The molecule has 0 unspecified atom stereocenters. The normalized spacial score (nSPS) is 57.7. The van der Waals surface area contributed by atoms with E-state index in [4.69, 9.17) is 6.42 Å². The van der Waals surface area contributed by atoms with Crippen molar-refractivity contribution in [2.45, 2.75) is 76.4 Å². The quantitative estimate of drug-likeness (QED) is 0.466. The fourth-order valence-corrected chi connectivity index (χ4v) is 6.96. The van der Waals surface area contributed by atoms with Crippen molar-refractivity contribution in [3.63, 3.8) is 0 Å². The van der Waals surface area contributed by atoms with Crippen molar-refractivity contribution < 1.29 is 19.7 Å². The van der Waals surface area contributed by atoms with Crippen LogP contribution in [-0.2, 0) is 0 Å². The summed E-state index contributed by atoms with van der Waals surface area (Å²) in [4.78, 5) is 0. The Kier molecular flexibility index (Phi) is 3.72. The Hall–Kier alpha value is -0.890. The van der Waals surface area contributed by atoms with Crippen LogP contribution in [0.3, 0.4) is 0 Å². The van der Waals surface area contributed by atoms with Gasteiger partial charge in [0.1, 0.15) is 6.17 Å². The maximum atomic E-state index is 14.7. The number of hydrogen-bond acceptors (Lipinski definition) is 3. The van der Waals surface area contributed by atoms with Crippen LogP contribution in [0.1, 0.15) is 52.4 Å². The third-order valence-corrected chi connectivity index (χ3v) is 8.56. The number of terminal acetylenes is 1. The van der Waals surface area contributed by atoms with E-state index in [1.54, 1.807) is 0 Å². The molecule has 0 saturated heterocycles. The predicted octanol–water partition coefficient (Wildman–Crippen LogP) is 2.59. The molecule has 3 nitrogen and oxygen atoms in total. The van der Waals surface area contributed by atoms with Gasteiger partial charge in [-0.1, -0.05) is 25.8 Å². The smallest absolute Gasteiger partial charge is 0.156 e. The van der Waals surface area contributed by atoms with E-state index in [0.29, 0.717) is 24.7 Å². The molecule has 0 aromatic carbocycles. The van der Waals surface area contributed by atoms with E-state index in [2.05, 4.69) is 12.8 Å². The molecule has 25 heavy (non-hydrogen) atoms. The van der Waals surface area contributed by atoms with Gasteiger partial charge in [0.05, 0.1) is 12.2 Å². The van der Waals surface area contributed by atoms with Gasteiger partial charge in [-0.15, -0.1) is 6.42 Å². The Morgan fingerprint density at radius 1 is 1.20 bits per heavy atom. The van der Waals surface area contributed by atoms with E-state index < -0.39 is 29.4 Å². The molecule has 4 aliphatic carbocycles. The molecule has 4 heteroatoms. The molecule has 0 amide bonds. The zero-order chi connectivity index (χ0) is 18.2. The molecule has 3 N–H and O–H groups in total. The van der Waals surface area contributed by atoms with Crippen molar-refractivity contribution in [2.75, 3.05) is 0 Å². The summed E-state index contributed by atoms with van der Waals surface area (Å²) >= 11 is 0. The fourth-order valence-electron chi connectivity index (χ4n) is 6.96. The maximum absolute atomic E-state index is 14.7. The number of aliphatic hydroxyl groups excluding tert-OH is 2. The van der Waals surface area contributed by atoms with E-state index in [-0.39, 0.29) is 11.3 Å². The van der Waals surface area contributed by atoms with Crippen LogP contribution in [0.5, 0.6) is 0 Å². The lowest BCUT2D eigenvalue weighted by molar-refractivity contribution is -0.121. The molecule has 4 aliphatic rings. The summed E-state index contributed by atoms with van der Waals surface area (Å²) < 4.78 is 14.7. The Bertz CT molecular complexity index is 654. The zero-order valence-electron chi connectivity index (χ0n) is 15.1. The second kappa shape index (κ2) is 5.31. The summed E-state index contributed by atoms with van der Waals surface area (Å²) in [5, 5.41) is 31.4. The first-order valence-corrected chi connectivity index (χ1v) is 9.60. The average Bonchev–Trinajstić information content (AvgIpc) is 2.79. The van der Waals surface area contributed by atoms with Crippen LogP contribution in [0.15, 0.2) is 11.6 Å². The summed E-state index contributed by atoms with van der Waals surface area (Å²) in [6.45, 7) is 4.17. The molecule has 3 fully saturated rings. The maximum Gasteiger partial charge on any atom is 0.156 e. The highest BCUT2D eigenvalue weighted by Gasteiger charge is 2.67. The first kappa shape index (κ1) is 17.5. The van der Waals surface area contributed by atoms with Crippen molar-refractivity contribution in [1.29, 1.82) is 0 Å². The van der Waals surface area contributed by atoms with Gasteiger partial charge in [-0.3, -0.25) is 0 Å². The van der Waals surface area contributed by atoms with Crippen molar-refractivity contribution in [1.82, 2.24) is 0 Å². The number of halogens is 1. The van der Waals surface area contributed by atoms with Gasteiger partial charge in [-0.2, -0.15) is 0 Å². The molecule has 4 rings (SSSR count). The van der Waals surface area contributed by atoms with Crippen molar-refractivity contribution in [3.05, 3.63) is 11.6 Å². The molecule has 138 valence electrons. The number of allylic oxidation sites excluding steroid dienone is 1. The van der Waals surface area contributed by atoms with Gasteiger partial charge in [0.2, 0.25) is 0 Å². The standard InChI is InChI=1S/C21H29FO3/c1-4-21(25)17(24)11-15-12-5-6-14-18(22)16(23)8-9-19(14,2)13(12)7-10-20(15,21)3/h1,6,12-13,15-18,23-25H,5,7-11H2,2-3H3/t12-,13+,15+,16+,17-,18+,19-,20+,21+/m1/s1. The van der Waals surface area contributed by atoms with E-state index in [1.807, 2.05) is 13.0 Å². The number of alkyl halides is 1. The summed E-state index contributed by atoms with van der Waals surface area (Å²) in [6, 6.07) is 0. The predicted molar refractivity (Wildman–Crippen MR) is 93.2 cm³/mol. The average molecular weight is 348 g/mol. The molecule has 0 bridgehead atoms. The molecule has 0 aromatic heterocycles. The third-order valence-electron chi connectivity index (χ3n) is 8.56. The van der Waals surface area contributed by atoms with Gasteiger partial charge in [0, 0.05) is 5.41 Å². The Labute approximate surface area is 149 Å². The monoisotopic (exact) mass is 348 g/mol. The van der Waals surface area contributed by atoms with Crippen molar-refractivity contribution in [3.8, 4) is 12.3 Å². The van der Waals surface area contributed by atoms with Gasteiger partial charge in [-0.25, -0.2) is 4.39 Å². The minimum Gasteiger partial charge on any atom is -0.390 e. The Balaban J connectivity index is 1.73. The van der Waals surface area contributed by atoms with E-state index in [9.17, 15) is 19.7 Å². The topological polar surface area (TPSA) is 60.7 Å². The zero-order valence-corrected chi connectivity index (χ0v) is 15.1. The van der Waals surface area contributed by atoms with E-state index >= 15 is 0 Å². The molecular formula is C21H29FO3. The highest BCUT2D eigenvalue weighted by molar-refractivity contribution is 5.32. The lowest BCUT2D eigenvalue weighted by Crippen LogP contribution is -2.56. The molecular weight excluding hydrogens is 319 g/mol. The van der Waals surface area contributed by atoms with Crippen molar-refractivity contribution >= 4 is 0 Å². The third kappa shape index (κ3) is 1.98. The Morgan fingerprint density at radius 2 is 1.92 bits per heavy atom. The minimum absolute atomic E-state index is 0.141. The highest BCUT2D eigenvalue weighted by atomic mass is 19.1.